The van der Waals surface area contributed by atoms with Crippen molar-refractivity contribution in [3.63, 3.8) is 0 Å². The van der Waals surface area contributed by atoms with Gasteiger partial charge in [-0.05, 0) is 18.9 Å². The summed E-state index contributed by atoms with van der Waals surface area (Å²) in [6.07, 6.45) is 5.55. The molecule has 1 saturated carbocycles. The molecular formula is C16H19N3OS. The van der Waals surface area contributed by atoms with Crippen LogP contribution >= 0.6 is 11.3 Å². The molecule has 1 aromatic heterocycles. The molecule has 1 aromatic carbocycles. The molecule has 0 saturated heterocycles. The highest BCUT2D eigenvalue weighted by molar-refractivity contribution is 7.13. The Hall–Kier alpha value is -1.88. The second-order valence-corrected chi connectivity index (χ2v) is 6.33. The van der Waals surface area contributed by atoms with E-state index in [2.05, 4.69) is 10.3 Å². The smallest absolute Gasteiger partial charge is 0.227 e. The monoisotopic (exact) mass is 301 g/mol. The van der Waals surface area contributed by atoms with Gasteiger partial charge in [0.2, 0.25) is 5.91 Å². The van der Waals surface area contributed by atoms with E-state index in [0.29, 0.717) is 5.13 Å². The van der Waals surface area contributed by atoms with Gasteiger partial charge in [0, 0.05) is 16.9 Å². The molecule has 21 heavy (non-hydrogen) atoms. The van der Waals surface area contributed by atoms with E-state index in [-0.39, 0.29) is 11.8 Å². The average Bonchev–Trinajstić information content (AvgIpc) is 2.95. The average molecular weight is 301 g/mol. The van der Waals surface area contributed by atoms with Gasteiger partial charge in [0.1, 0.15) is 0 Å². The highest BCUT2D eigenvalue weighted by Crippen LogP contribution is 2.31. The van der Waals surface area contributed by atoms with Crippen LogP contribution in [-0.4, -0.2) is 10.9 Å². The maximum absolute atomic E-state index is 12.4. The SMILES string of the molecule is Nc1nc(-c2ccccc2NC(=O)C2CCCCC2)cs1. The zero-order chi connectivity index (χ0) is 14.7. The summed E-state index contributed by atoms with van der Waals surface area (Å²) in [4.78, 5) is 16.7. The number of carbonyl (C=O) groups excluding carboxylic acids is 1. The Kier molecular flexibility index (Phi) is 4.20. The molecule has 4 nitrogen and oxygen atoms in total. The molecule has 3 N–H and O–H groups in total. The third kappa shape index (κ3) is 3.24. The molecule has 0 bridgehead atoms. The zero-order valence-electron chi connectivity index (χ0n) is 11.8. The van der Waals surface area contributed by atoms with Gasteiger partial charge in [-0.1, -0.05) is 37.5 Å². The van der Waals surface area contributed by atoms with Crippen molar-refractivity contribution in [3.8, 4) is 11.3 Å². The number of carbonyl (C=O) groups is 1. The number of rotatable bonds is 3. The number of nitrogens with zero attached hydrogens (tertiary/aromatic N) is 1. The summed E-state index contributed by atoms with van der Waals surface area (Å²) in [7, 11) is 0. The van der Waals surface area contributed by atoms with Gasteiger partial charge in [0.15, 0.2) is 5.13 Å². The molecule has 0 aliphatic heterocycles. The minimum atomic E-state index is 0.130. The number of para-hydroxylation sites is 1. The maximum Gasteiger partial charge on any atom is 0.227 e. The predicted molar refractivity (Wildman–Crippen MR) is 87.2 cm³/mol. The minimum absolute atomic E-state index is 0.130. The van der Waals surface area contributed by atoms with Crippen LogP contribution in [0.4, 0.5) is 10.8 Å². The number of nitrogen functional groups attached to an aromatic ring is 1. The molecule has 1 aliphatic rings. The molecule has 1 aliphatic carbocycles. The quantitative estimate of drug-likeness (QED) is 0.903. The lowest BCUT2D eigenvalue weighted by Gasteiger charge is -2.21. The van der Waals surface area contributed by atoms with Gasteiger partial charge < -0.3 is 11.1 Å². The number of hydrogen-bond donors (Lipinski definition) is 2. The lowest BCUT2D eigenvalue weighted by atomic mass is 9.88. The van der Waals surface area contributed by atoms with E-state index >= 15 is 0 Å². The topological polar surface area (TPSA) is 68.0 Å². The highest BCUT2D eigenvalue weighted by Gasteiger charge is 2.22. The number of aromatic nitrogens is 1. The summed E-state index contributed by atoms with van der Waals surface area (Å²) in [5, 5.41) is 5.53. The Labute approximate surface area is 128 Å². The van der Waals surface area contributed by atoms with Crippen LogP contribution in [0.3, 0.4) is 0 Å². The number of nitrogens with two attached hydrogens (primary N) is 1. The van der Waals surface area contributed by atoms with Crippen molar-refractivity contribution in [3.05, 3.63) is 29.6 Å². The maximum atomic E-state index is 12.4. The zero-order valence-corrected chi connectivity index (χ0v) is 12.7. The molecule has 110 valence electrons. The van der Waals surface area contributed by atoms with Crippen LogP contribution in [0.2, 0.25) is 0 Å². The van der Waals surface area contributed by atoms with Crippen LogP contribution in [0.25, 0.3) is 11.3 Å². The number of anilines is 2. The fourth-order valence-electron chi connectivity index (χ4n) is 2.83. The first kappa shape index (κ1) is 14.1. The lowest BCUT2D eigenvalue weighted by molar-refractivity contribution is -0.120. The van der Waals surface area contributed by atoms with Crippen LogP contribution in [-0.2, 0) is 4.79 Å². The van der Waals surface area contributed by atoms with Crippen LogP contribution in [0, 0.1) is 5.92 Å². The standard InChI is InChI=1S/C16H19N3OS/c17-16-19-14(10-21-16)12-8-4-5-9-13(12)18-15(20)11-6-2-1-3-7-11/h4-5,8-11H,1-3,6-7H2,(H2,17,19)(H,18,20). The lowest BCUT2D eigenvalue weighted by Crippen LogP contribution is -2.24. The van der Waals surface area contributed by atoms with Crippen LogP contribution in [0.1, 0.15) is 32.1 Å². The third-order valence-corrected chi connectivity index (χ3v) is 4.63. The van der Waals surface area contributed by atoms with Gasteiger partial charge in [-0.15, -0.1) is 11.3 Å². The van der Waals surface area contributed by atoms with Crippen LogP contribution in [0.5, 0.6) is 0 Å². The van der Waals surface area contributed by atoms with E-state index in [0.717, 1.165) is 42.6 Å². The first-order valence-corrected chi connectivity index (χ1v) is 8.23. The summed E-state index contributed by atoms with van der Waals surface area (Å²) < 4.78 is 0. The first-order chi connectivity index (χ1) is 10.2. The number of amides is 1. The normalized spacial score (nSPS) is 15.8. The van der Waals surface area contributed by atoms with E-state index in [9.17, 15) is 4.79 Å². The summed E-state index contributed by atoms with van der Waals surface area (Å²) in [5.74, 6) is 0.276. The Morgan fingerprint density at radius 3 is 2.71 bits per heavy atom. The molecule has 1 amide bonds. The molecule has 1 heterocycles. The van der Waals surface area contributed by atoms with Gasteiger partial charge in [-0.3, -0.25) is 4.79 Å². The molecule has 0 spiro atoms. The van der Waals surface area contributed by atoms with Crippen LogP contribution < -0.4 is 11.1 Å². The van der Waals surface area contributed by atoms with Crippen molar-refractivity contribution in [1.82, 2.24) is 4.98 Å². The van der Waals surface area contributed by atoms with E-state index in [1.165, 1.54) is 17.8 Å². The van der Waals surface area contributed by atoms with E-state index in [1.807, 2.05) is 29.6 Å². The predicted octanol–water partition coefficient (Wildman–Crippen LogP) is 3.91. The molecule has 0 radical (unpaired) electrons. The van der Waals surface area contributed by atoms with E-state index < -0.39 is 0 Å². The fraction of sp³-hybridized carbons (Fsp3) is 0.375. The number of benzene rings is 1. The van der Waals surface area contributed by atoms with Gasteiger partial charge >= 0.3 is 0 Å². The van der Waals surface area contributed by atoms with Crippen molar-refractivity contribution in [2.75, 3.05) is 11.1 Å². The third-order valence-electron chi connectivity index (χ3n) is 3.96. The van der Waals surface area contributed by atoms with Crippen molar-refractivity contribution in [2.24, 2.45) is 5.92 Å². The van der Waals surface area contributed by atoms with Crippen LogP contribution in [0.15, 0.2) is 29.6 Å². The largest absolute Gasteiger partial charge is 0.375 e. The van der Waals surface area contributed by atoms with E-state index in [4.69, 9.17) is 5.73 Å². The fourth-order valence-corrected chi connectivity index (χ4v) is 3.39. The summed E-state index contributed by atoms with van der Waals surface area (Å²) in [6.45, 7) is 0. The van der Waals surface area contributed by atoms with E-state index in [1.54, 1.807) is 0 Å². The Morgan fingerprint density at radius 2 is 2.00 bits per heavy atom. The second-order valence-electron chi connectivity index (χ2n) is 5.44. The molecule has 0 atom stereocenters. The van der Waals surface area contributed by atoms with Gasteiger partial charge in [-0.2, -0.15) is 0 Å². The van der Waals surface area contributed by atoms with Crippen molar-refractivity contribution >= 4 is 28.1 Å². The summed E-state index contributed by atoms with van der Waals surface area (Å²) >= 11 is 1.41. The number of thiazole rings is 1. The highest BCUT2D eigenvalue weighted by atomic mass is 32.1. The number of hydrogen-bond acceptors (Lipinski definition) is 4. The van der Waals surface area contributed by atoms with Crippen molar-refractivity contribution < 1.29 is 4.79 Å². The molecule has 2 aromatic rings. The Balaban J connectivity index is 1.80. The first-order valence-electron chi connectivity index (χ1n) is 7.35. The summed E-state index contributed by atoms with van der Waals surface area (Å²) in [6, 6.07) is 7.76. The summed E-state index contributed by atoms with van der Waals surface area (Å²) in [5.41, 5.74) is 8.26. The van der Waals surface area contributed by atoms with Gasteiger partial charge in [0.25, 0.3) is 0 Å². The van der Waals surface area contributed by atoms with Gasteiger partial charge in [-0.25, -0.2) is 4.98 Å². The Morgan fingerprint density at radius 1 is 1.24 bits per heavy atom. The molecule has 5 heteroatoms. The number of nitrogens with one attached hydrogen (secondary N) is 1. The van der Waals surface area contributed by atoms with Crippen molar-refractivity contribution in [2.45, 2.75) is 32.1 Å². The Bertz CT molecular complexity index is 632. The molecular weight excluding hydrogens is 282 g/mol. The molecule has 0 unspecified atom stereocenters. The second kappa shape index (κ2) is 6.26. The molecule has 3 rings (SSSR count). The minimum Gasteiger partial charge on any atom is -0.375 e. The van der Waals surface area contributed by atoms with Gasteiger partial charge in [0.05, 0.1) is 11.4 Å². The van der Waals surface area contributed by atoms with Crippen molar-refractivity contribution in [1.29, 1.82) is 0 Å². The molecule has 1 fully saturated rings.